The van der Waals surface area contributed by atoms with Crippen LogP contribution in [-0.2, 0) is 9.59 Å². The van der Waals surface area contributed by atoms with Crippen molar-refractivity contribution in [1.82, 2.24) is 16.0 Å². The van der Waals surface area contributed by atoms with E-state index in [0.717, 1.165) is 120 Å². The van der Waals surface area contributed by atoms with Gasteiger partial charge in [0.05, 0.1) is 0 Å². The van der Waals surface area contributed by atoms with Gasteiger partial charge in [0, 0.05) is 39.2 Å². The van der Waals surface area contributed by atoms with Gasteiger partial charge in [-0.1, -0.05) is 442 Å². The van der Waals surface area contributed by atoms with Crippen molar-refractivity contribution in [3.8, 4) is 0 Å². The fraction of sp³-hybridized carbons (Fsp3) is 0.890. The number of hydrogen-bond donors (Lipinski definition) is 5. The van der Waals surface area contributed by atoms with Crippen LogP contribution in [0.25, 0.3) is 0 Å². The molecule has 0 saturated heterocycles. The number of nitrogens with two attached hydrogens (primary N) is 2. The predicted octanol–water partition coefficient (Wildman–Crippen LogP) is 33.8. The number of likely N-dealkylation sites (N-methyl/N-ethyl adjacent to an activating group) is 1. The van der Waals surface area contributed by atoms with E-state index in [1.165, 1.54) is 319 Å². The van der Waals surface area contributed by atoms with Gasteiger partial charge in [0.1, 0.15) is 0 Å². The van der Waals surface area contributed by atoms with Crippen LogP contribution in [0.1, 0.15) is 502 Å². The second-order valence-corrected chi connectivity index (χ2v) is 41.4. The summed E-state index contributed by atoms with van der Waals surface area (Å²) < 4.78 is 0. The molecule has 7 N–H and O–H groups in total. The minimum Gasteiger partial charge on any atom is -0.366 e. The molecule has 0 bridgehead atoms. The minimum atomic E-state index is -0.322. The van der Waals surface area contributed by atoms with Crippen molar-refractivity contribution in [1.29, 1.82) is 0 Å². The molecule has 692 valence electrons. The summed E-state index contributed by atoms with van der Waals surface area (Å²) in [6.07, 6.45) is 77.4. The van der Waals surface area contributed by atoms with E-state index in [-0.39, 0.29) is 11.8 Å². The SMILES string of the molecule is C/C(=C\C(N)=O)CCC[C@H](C)CCC[C@H](C)CCCC(C)C.C/C(=C\CN)CCC[C@H](C)CCC[C@H](C)CCCC(C)C.CC(=O)NC/C=C(\C)CCC[C@H](C)CCC[C@H](C)CCCC(C)C.CCCCCCNC/C=C(\C)CCC[C@H](C)CCC[C@H](C)CCCC(C)C.CNC/C=C(\C)CCC[C@H](C)CCC[C@H](C)CCCC(C)C. The molecule has 2 amide bonds. The van der Waals surface area contributed by atoms with Crippen LogP contribution in [0.4, 0.5) is 0 Å². The lowest BCUT2D eigenvalue weighted by Gasteiger charge is -2.15. The van der Waals surface area contributed by atoms with Gasteiger partial charge in [-0.05, 0) is 208 Å². The van der Waals surface area contributed by atoms with Gasteiger partial charge in [0.25, 0.3) is 0 Å². The normalized spacial score (nSPS) is 15.0. The van der Waals surface area contributed by atoms with Crippen LogP contribution in [0, 0.1) is 88.8 Å². The lowest BCUT2D eigenvalue weighted by Crippen LogP contribution is -2.19. The van der Waals surface area contributed by atoms with Gasteiger partial charge in [-0.15, -0.1) is 0 Å². The van der Waals surface area contributed by atoms with Gasteiger partial charge in [0.15, 0.2) is 0 Å². The summed E-state index contributed by atoms with van der Waals surface area (Å²) in [6, 6.07) is 0. The second-order valence-electron chi connectivity index (χ2n) is 41.4. The lowest BCUT2D eigenvalue weighted by molar-refractivity contribution is -0.118. The van der Waals surface area contributed by atoms with Crippen LogP contribution in [0.3, 0.4) is 0 Å². The highest BCUT2D eigenvalue weighted by Crippen LogP contribution is 2.28. The average molecular weight is 1630 g/mol. The third-order valence-electron chi connectivity index (χ3n) is 24.8. The Morgan fingerprint density at radius 1 is 0.276 bits per heavy atom. The molecular weight excluding hydrogens is 1410 g/mol. The molecule has 10 atom stereocenters. The summed E-state index contributed by atoms with van der Waals surface area (Å²) in [7, 11) is 2.01. The van der Waals surface area contributed by atoms with Gasteiger partial charge in [-0.2, -0.15) is 0 Å². The van der Waals surface area contributed by atoms with Crippen LogP contribution in [0.5, 0.6) is 0 Å². The Morgan fingerprint density at radius 2 is 0.500 bits per heavy atom. The van der Waals surface area contributed by atoms with E-state index >= 15 is 0 Å². The zero-order chi connectivity index (χ0) is 88.5. The molecule has 7 nitrogen and oxygen atoms in total. The maximum Gasteiger partial charge on any atom is 0.241 e. The molecule has 0 aromatic rings. The summed E-state index contributed by atoms with van der Waals surface area (Å²) in [5.74, 6) is 12.9. The smallest absolute Gasteiger partial charge is 0.241 e. The zero-order valence-corrected chi connectivity index (χ0v) is 84.7. The Kier molecular flexibility index (Phi) is 93.4. The maximum atomic E-state index is 10.8. The molecule has 7 heteroatoms. The molecule has 0 aliphatic carbocycles. The third-order valence-corrected chi connectivity index (χ3v) is 24.8. The Labute approximate surface area is 732 Å². The summed E-state index contributed by atoms with van der Waals surface area (Å²) in [4.78, 5) is 21.6. The van der Waals surface area contributed by atoms with Gasteiger partial charge in [-0.25, -0.2) is 0 Å². The minimum absolute atomic E-state index is 0.0473. The van der Waals surface area contributed by atoms with Crippen LogP contribution in [-0.4, -0.2) is 51.6 Å². The number of carbonyl (C=O) groups excluding carboxylic acids is 2. The Hall–Kier alpha value is -2.48. The first kappa shape index (κ1) is 122. The van der Waals surface area contributed by atoms with Gasteiger partial charge in [-0.3, -0.25) is 9.59 Å². The van der Waals surface area contributed by atoms with Crippen molar-refractivity contribution in [3.05, 3.63) is 58.2 Å². The fourth-order valence-corrected chi connectivity index (χ4v) is 16.1. The van der Waals surface area contributed by atoms with Crippen molar-refractivity contribution in [3.63, 3.8) is 0 Å². The number of hydrogen-bond acceptors (Lipinski definition) is 5. The largest absolute Gasteiger partial charge is 0.366 e. The molecule has 0 aliphatic rings. The van der Waals surface area contributed by atoms with E-state index in [1.54, 1.807) is 24.1 Å². The standard InChI is InChI=1S/C26H53N.C22H43NO.C21H43N.C20H39NO.C20H41N/c1-7-8-9-10-21-27-22-20-26(6)19-13-18-25(5)17-12-16-24(4)15-11-14-23(2)3;1-18(2)10-7-11-19(3)12-8-13-20(4)14-9-15-21(5)16-17-23-22(6)24;1-18(2)10-7-11-19(3)12-8-13-20(4)14-9-15-21(5)16-17-22-6;1-16(2)9-6-10-17(3)11-7-12-18(4)13-8-14-19(5)15-20(21)22;1-17(2)9-6-10-18(3)11-7-12-19(4)13-8-14-20(5)15-16-21/h20,23-25,27H,7-19,21-22H2,1-6H3;16,18-20H,7-15,17H2,1-6H3,(H,23,24);16,18-20,22H,7-15,17H2,1-6H3;15-18H,6-14H2,1-5H3,(H2,21,22);15,17-19H,6-14,16,21H2,1-5H3/b26-20+;2*21-16+;19-15+;20-15+/t24-,25-;2*19-,20-;17-,18-;18-,19-/m11111/s1. The van der Waals surface area contributed by atoms with E-state index in [0.29, 0.717) is 13.1 Å². The summed E-state index contributed by atoms with van der Waals surface area (Å²) in [5, 5.41) is 9.56. The van der Waals surface area contributed by atoms with Gasteiger partial charge < -0.3 is 27.4 Å². The van der Waals surface area contributed by atoms with Crippen molar-refractivity contribution >= 4 is 11.8 Å². The molecule has 116 heavy (non-hydrogen) atoms. The number of primary amides is 1. The highest BCUT2D eigenvalue weighted by atomic mass is 16.1. The maximum absolute atomic E-state index is 10.8. The first-order valence-corrected chi connectivity index (χ1v) is 50.9. The molecule has 0 rings (SSSR count). The van der Waals surface area contributed by atoms with E-state index in [9.17, 15) is 9.59 Å². The zero-order valence-electron chi connectivity index (χ0n) is 84.7. The Morgan fingerprint density at radius 3 is 0.724 bits per heavy atom. The highest BCUT2D eigenvalue weighted by molar-refractivity contribution is 5.86. The lowest BCUT2D eigenvalue weighted by atomic mass is 9.91. The molecule has 0 aliphatic heterocycles. The van der Waals surface area contributed by atoms with E-state index < -0.39 is 0 Å². The number of nitrogens with one attached hydrogen (secondary N) is 3. The van der Waals surface area contributed by atoms with E-state index in [4.69, 9.17) is 11.5 Å². The van der Waals surface area contributed by atoms with Crippen LogP contribution in [0.2, 0.25) is 0 Å². The van der Waals surface area contributed by atoms with Crippen LogP contribution >= 0.6 is 0 Å². The molecule has 0 fully saturated rings. The molecule has 0 unspecified atom stereocenters. The number of allylic oxidation sites excluding steroid dienone is 5. The highest BCUT2D eigenvalue weighted by Gasteiger charge is 2.13. The molecular formula is C109H219N5O2. The second kappa shape index (κ2) is 88.8. The number of carbonyl (C=O) groups is 2. The van der Waals surface area contributed by atoms with Gasteiger partial charge in [0.2, 0.25) is 11.8 Å². The van der Waals surface area contributed by atoms with Crippen molar-refractivity contribution < 1.29 is 9.59 Å². The summed E-state index contributed by atoms with van der Waals surface area (Å²) >= 11 is 0. The third kappa shape index (κ3) is 106. The molecule has 0 radical (unpaired) electrons. The summed E-state index contributed by atoms with van der Waals surface area (Å²) in [6.45, 7) is 66.9. The number of unbranched alkanes of at least 4 members (excludes halogenated alkanes) is 3. The Balaban J connectivity index is -0.000000444. The molecule has 0 aromatic heterocycles. The predicted molar refractivity (Wildman–Crippen MR) is 530 cm³/mol. The first-order chi connectivity index (χ1) is 55.0. The molecule has 0 heterocycles. The topological polar surface area (TPSA) is 122 Å². The van der Waals surface area contributed by atoms with Gasteiger partial charge >= 0.3 is 0 Å². The first-order valence-electron chi connectivity index (χ1n) is 50.9. The fourth-order valence-electron chi connectivity index (χ4n) is 16.1. The summed E-state index contributed by atoms with van der Waals surface area (Å²) in [5.41, 5.74) is 17.8. The number of amides is 2. The van der Waals surface area contributed by atoms with Crippen LogP contribution < -0.4 is 27.4 Å². The number of rotatable bonds is 73. The van der Waals surface area contributed by atoms with E-state index in [1.807, 2.05) is 14.0 Å². The quantitative estimate of drug-likeness (QED) is 0.0236. The average Bonchev–Trinajstić information content (AvgIpc) is 1.01. The van der Waals surface area contributed by atoms with E-state index in [2.05, 4.69) is 213 Å². The molecule has 0 spiro atoms. The Bertz CT molecular complexity index is 2230. The molecule has 0 aromatic carbocycles. The van der Waals surface area contributed by atoms with Crippen LogP contribution in [0.15, 0.2) is 58.2 Å². The monoisotopic (exact) mass is 1630 g/mol. The molecule has 0 saturated carbocycles. The van der Waals surface area contributed by atoms with Crippen molar-refractivity contribution in [2.75, 3.05) is 39.8 Å². The van der Waals surface area contributed by atoms with Crippen molar-refractivity contribution in [2.45, 2.75) is 502 Å². The van der Waals surface area contributed by atoms with Crippen molar-refractivity contribution in [2.24, 2.45) is 100 Å².